The standard InChI is InChI=1S/C16H21F2NOS/c1-10-2-3-12(17)13(14(10)18)15(19)11-4-6-20-16(8-11)5-7-21-9-16/h2-3,11,15H,4-9,19H2,1H3. The van der Waals surface area contributed by atoms with E-state index in [-0.39, 0.29) is 17.1 Å². The molecule has 2 nitrogen and oxygen atoms in total. The molecule has 0 aliphatic carbocycles. The highest BCUT2D eigenvalue weighted by Crippen LogP contribution is 2.44. The molecule has 2 fully saturated rings. The highest BCUT2D eigenvalue weighted by molar-refractivity contribution is 7.99. The summed E-state index contributed by atoms with van der Waals surface area (Å²) in [5.41, 5.74) is 6.61. The van der Waals surface area contributed by atoms with Gasteiger partial charge in [-0.2, -0.15) is 11.8 Å². The Morgan fingerprint density at radius 2 is 2.24 bits per heavy atom. The van der Waals surface area contributed by atoms with Crippen LogP contribution in [0.25, 0.3) is 0 Å². The molecular formula is C16H21F2NOS. The van der Waals surface area contributed by atoms with Crippen LogP contribution in [0.2, 0.25) is 0 Å². The minimum Gasteiger partial charge on any atom is -0.374 e. The Balaban J connectivity index is 1.85. The molecule has 2 aliphatic rings. The first-order chi connectivity index (χ1) is 10.0. The predicted octanol–water partition coefficient (Wildman–Crippen LogP) is 3.58. The van der Waals surface area contributed by atoms with Gasteiger partial charge in [0.1, 0.15) is 11.6 Å². The number of nitrogens with two attached hydrogens (primary N) is 1. The molecule has 0 amide bonds. The molecule has 0 radical (unpaired) electrons. The Hall–Kier alpha value is -0.650. The van der Waals surface area contributed by atoms with Gasteiger partial charge in [-0.05, 0) is 49.5 Å². The van der Waals surface area contributed by atoms with Crippen molar-refractivity contribution in [2.45, 2.75) is 37.8 Å². The maximum Gasteiger partial charge on any atom is 0.133 e. The van der Waals surface area contributed by atoms with Crippen LogP contribution in [-0.2, 0) is 4.74 Å². The van der Waals surface area contributed by atoms with Crippen LogP contribution in [0.15, 0.2) is 12.1 Å². The van der Waals surface area contributed by atoms with Gasteiger partial charge in [-0.3, -0.25) is 0 Å². The van der Waals surface area contributed by atoms with Crippen molar-refractivity contribution in [1.29, 1.82) is 0 Å². The number of benzene rings is 1. The monoisotopic (exact) mass is 313 g/mol. The molecule has 5 heteroatoms. The van der Waals surface area contributed by atoms with Gasteiger partial charge in [-0.25, -0.2) is 8.78 Å². The van der Waals surface area contributed by atoms with E-state index in [1.807, 2.05) is 11.8 Å². The molecule has 3 rings (SSSR count). The summed E-state index contributed by atoms with van der Waals surface area (Å²) < 4.78 is 34.3. The number of halogens is 2. The number of thioether (sulfide) groups is 1. The molecule has 1 spiro atoms. The maximum absolute atomic E-state index is 14.3. The fourth-order valence-corrected chi connectivity index (χ4v) is 4.83. The summed E-state index contributed by atoms with van der Waals surface area (Å²) >= 11 is 1.88. The molecule has 0 aromatic heterocycles. The maximum atomic E-state index is 14.3. The van der Waals surface area contributed by atoms with Gasteiger partial charge in [0.25, 0.3) is 0 Å². The van der Waals surface area contributed by atoms with E-state index in [0.29, 0.717) is 12.2 Å². The highest BCUT2D eigenvalue weighted by atomic mass is 32.2. The van der Waals surface area contributed by atoms with Crippen LogP contribution in [0.5, 0.6) is 0 Å². The van der Waals surface area contributed by atoms with E-state index in [1.54, 1.807) is 6.92 Å². The Labute approximate surface area is 128 Å². The molecule has 1 aromatic carbocycles. The van der Waals surface area contributed by atoms with Crippen molar-refractivity contribution in [1.82, 2.24) is 0 Å². The van der Waals surface area contributed by atoms with Crippen molar-refractivity contribution in [3.8, 4) is 0 Å². The van der Waals surface area contributed by atoms with E-state index in [2.05, 4.69) is 0 Å². The zero-order valence-corrected chi connectivity index (χ0v) is 13.0. The summed E-state index contributed by atoms with van der Waals surface area (Å²) in [6.07, 6.45) is 2.58. The lowest BCUT2D eigenvalue weighted by Gasteiger charge is -2.40. The minimum atomic E-state index is -0.601. The quantitative estimate of drug-likeness (QED) is 0.906. The molecule has 2 aliphatic heterocycles. The molecule has 2 heterocycles. The van der Waals surface area contributed by atoms with Crippen LogP contribution < -0.4 is 5.73 Å². The van der Waals surface area contributed by atoms with Crippen LogP contribution in [0.1, 0.15) is 36.4 Å². The first-order valence-corrected chi connectivity index (χ1v) is 8.60. The summed E-state index contributed by atoms with van der Waals surface area (Å²) in [5, 5.41) is 0. The van der Waals surface area contributed by atoms with E-state index in [4.69, 9.17) is 10.5 Å². The van der Waals surface area contributed by atoms with Gasteiger partial charge in [0.05, 0.1) is 5.60 Å². The average molecular weight is 313 g/mol. The zero-order chi connectivity index (χ0) is 15.0. The average Bonchev–Trinajstić information content (AvgIpc) is 2.91. The first-order valence-electron chi connectivity index (χ1n) is 7.44. The summed E-state index contributed by atoms with van der Waals surface area (Å²) in [5.74, 6) is 1.10. The lowest BCUT2D eigenvalue weighted by Crippen LogP contribution is -2.43. The third-order valence-electron chi connectivity index (χ3n) is 4.76. The number of aryl methyl sites for hydroxylation is 1. The highest BCUT2D eigenvalue weighted by Gasteiger charge is 2.42. The minimum absolute atomic E-state index is 0.0442. The van der Waals surface area contributed by atoms with E-state index >= 15 is 0 Å². The molecule has 2 saturated heterocycles. The van der Waals surface area contributed by atoms with E-state index in [0.717, 1.165) is 30.8 Å². The second-order valence-corrected chi connectivity index (χ2v) is 7.31. The molecule has 1 aromatic rings. The van der Waals surface area contributed by atoms with Crippen LogP contribution in [0.4, 0.5) is 8.78 Å². The van der Waals surface area contributed by atoms with Gasteiger partial charge >= 0.3 is 0 Å². The van der Waals surface area contributed by atoms with Crippen molar-refractivity contribution in [2.24, 2.45) is 11.7 Å². The SMILES string of the molecule is Cc1ccc(F)c(C(N)C2CCOC3(CCSC3)C2)c1F. The lowest BCUT2D eigenvalue weighted by atomic mass is 9.79. The van der Waals surface area contributed by atoms with Crippen molar-refractivity contribution in [3.05, 3.63) is 34.9 Å². The molecule has 3 atom stereocenters. The predicted molar refractivity (Wildman–Crippen MR) is 81.4 cm³/mol. The smallest absolute Gasteiger partial charge is 0.133 e. The van der Waals surface area contributed by atoms with Gasteiger partial charge in [0, 0.05) is 24.0 Å². The van der Waals surface area contributed by atoms with Crippen LogP contribution >= 0.6 is 11.8 Å². The third-order valence-corrected chi connectivity index (χ3v) is 5.98. The van der Waals surface area contributed by atoms with Crippen LogP contribution in [-0.4, -0.2) is 23.7 Å². The van der Waals surface area contributed by atoms with Crippen molar-refractivity contribution in [3.63, 3.8) is 0 Å². The Bertz CT molecular complexity index is 531. The van der Waals surface area contributed by atoms with E-state index in [1.165, 1.54) is 12.1 Å². The van der Waals surface area contributed by atoms with Crippen molar-refractivity contribution >= 4 is 11.8 Å². The van der Waals surface area contributed by atoms with Crippen molar-refractivity contribution in [2.75, 3.05) is 18.1 Å². The van der Waals surface area contributed by atoms with Crippen LogP contribution in [0.3, 0.4) is 0 Å². The topological polar surface area (TPSA) is 35.2 Å². The molecule has 0 saturated carbocycles. The molecular weight excluding hydrogens is 292 g/mol. The second kappa shape index (κ2) is 5.86. The Kier molecular flexibility index (Phi) is 4.26. The van der Waals surface area contributed by atoms with Gasteiger partial charge in [0.2, 0.25) is 0 Å². The summed E-state index contributed by atoms with van der Waals surface area (Å²) in [7, 11) is 0. The number of ether oxygens (including phenoxy) is 1. The Morgan fingerprint density at radius 1 is 1.43 bits per heavy atom. The van der Waals surface area contributed by atoms with Gasteiger partial charge in [0.15, 0.2) is 0 Å². The normalized spacial score (nSPS) is 30.8. The molecule has 2 N–H and O–H groups in total. The van der Waals surface area contributed by atoms with Gasteiger partial charge in [-0.1, -0.05) is 6.07 Å². The first kappa shape index (κ1) is 15.3. The lowest BCUT2D eigenvalue weighted by molar-refractivity contribution is -0.0837. The number of rotatable bonds is 2. The van der Waals surface area contributed by atoms with E-state index in [9.17, 15) is 8.78 Å². The fourth-order valence-electron chi connectivity index (χ4n) is 3.46. The molecule has 116 valence electrons. The van der Waals surface area contributed by atoms with Crippen molar-refractivity contribution < 1.29 is 13.5 Å². The van der Waals surface area contributed by atoms with Gasteiger partial charge < -0.3 is 10.5 Å². The second-order valence-electron chi connectivity index (χ2n) is 6.20. The largest absolute Gasteiger partial charge is 0.374 e. The molecule has 3 unspecified atom stereocenters. The fraction of sp³-hybridized carbons (Fsp3) is 0.625. The van der Waals surface area contributed by atoms with Gasteiger partial charge in [-0.15, -0.1) is 0 Å². The molecule has 21 heavy (non-hydrogen) atoms. The Morgan fingerprint density at radius 3 is 2.95 bits per heavy atom. The number of hydrogen-bond acceptors (Lipinski definition) is 3. The summed E-state index contributed by atoms with van der Waals surface area (Å²) in [4.78, 5) is 0. The van der Waals surface area contributed by atoms with E-state index < -0.39 is 17.7 Å². The van der Waals surface area contributed by atoms with Crippen LogP contribution in [0, 0.1) is 24.5 Å². The number of hydrogen-bond donors (Lipinski definition) is 1. The molecule has 0 bridgehead atoms. The summed E-state index contributed by atoms with van der Waals surface area (Å²) in [6, 6.07) is 2.17. The zero-order valence-electron chi connectivity index (χ0n) is 12.2. The third kappa shape index (κ3) is 2.83. The summed E-state index contributed by atoms with van der Waals surface area (Å²) in [6.45, 7) is 2.28.